The quantitative estimate of drug-likeness (QED) is 0.0332. The zero-order valence-corrected chi connectivity index (χ0v) is 47.4. The molecule has 0 N–H and O–H groups in total. The van der Waals surface area contributed by atoms with E-state index in [1.54, 1.807) is 30.6 Å². The maximum absolute atomic E-state index is 10.1. The van der Waals surface area contributed by atoms with E-state index in [1.807, 2.05) is 0 Å². The molecule has 0 aromatic rings. The van der Waals surface area contributed by atoms with E-state index < -0.39 is 23.9 Å². The van der Waals surface area contributed by atoms with Gasteiger partial charge in [0.2, 0.25) is 0 Å². The van der Waals surface area contributed by atoms with E-state index in [9.17, 15) is 39.6 Å². The molecule has 0 amide bonds. The molecule has 364 valence electrons. The van der Waals surface area contributed by atoms with E-state index >= 15 is 0 Å². The number of hydrogen-bond acceptors (Lipinski definition) is 8. The van der Waals surface area contributed by atoms with Gasteiger partial charge in [0.25, 0.3) is 0 Å². The van der Waals surface area contributed by atoms with Crippen molar-refractivity contribution in [3.63, 3.8) is 0 Å². The fourth-order valence-corrected chi connectivity index (χ4v) is 13.9. The van der Waals surface area contributed by atoms with Crippen LogP contribution in [0.3, 0.4) is 0 Å². The summed E-state index contributed by atoms with van der Waals surface area (Å²) in [5.74, 6) is -4.91. The normalized spacial score (nSPS) is 10.1. The van der Waals surface area contributed by atoms with E-state index in [1.165, 1.54) is 180 Å². The maximum atomic E-state index is 10.1. The summed E-state index contributed by atoms with van der Waals surface area (Å²) >= 11 is 0.223. The number of carboxylic acids is 4. The Kier molecular flexibility index (Phi) is 78.5. The smallest absolute Gasteiger partial charge is 0.0643 e. The monoisotopic (exact) mass is 1090 g/mol. The Morgan fingerprint density at radius 1 is 0.290 bits per heavy atom. The van der Waals surface area contributed by atoms with Crippen LogP contribution in [0.1, 0.15) is 273 Å². The third-order valence-corrected chi connectivity index (χ3v) is 18.2. The molecule has 62 heavy (non-hydrogen) atoms. The fraction of sp³-hybridized carbons (Fsp3) is 0.885. The van der Waals surface area contributed by atoms with Gasteiger partial charge in [-0.1, -0.05) is 117 Å². The molecule has 0 heterocycles. The molecule has 0 radical (unpaired) electrons. The molecule has 0 saturated carbocycles. The number of carbonyl (C=O) groups is 4. The molecule has 0 bridgehead atoms. The van der Waals surface area contributed by atoms with Crippen molar-refractivity contribution in [3.05, 3.63) is 12.2 Å². The predicted molar refractivity (Wildman–Crippen MR) is 260 cm³/mol. The first-order valence-corrected chi connectivity index (χ1v) is 34.0. The molecule has 0 atom stereocenters. The molecule has 0 aromatic carbocycles. The number of hydrogen-bond donors (Lipinski definition) is 0. The molecule has 10 heteroatoms. The molecule has 8 nitrogen and oxygen atoms in total. The number of aliphatic carboxylic acids is 4. The van der Waals surface area contributed by atoms with Crippen LogP contribution in [0.25, 0.3) is 0 Å². The van der Waals surface area contributed by atoms with Gasteiger partial charge in [0.05, 0.1) is 11.9 Å². The van der Waals surface area contributed by atoms with Crippen LogP contribution in [0.5, 0.6) is 0 Å². The summed E-state index contributed by atoms with van der Waals surface area (Å²) in [4.78, 5) is 39.0. The van der Waals surface area contributed by atoms with Gasteiger partial charge in [0.15, 0.2) is 0 Å². The van der Waals surface area contributed by atoms with Gasteiger partial charge >= 0.3 is 190 Å². The van der Waals surface area contributed by atoms with Crippen LogP contribution in [0, 0.1) is 0 Å². The molecule has 0 spiro atoms. The van der Waals surface area contributed by atoms with Gasteiger partial charge in [-0.3, -0.25) is 0 Å². The van der Waals surface area contributed by atoms with Crippen molar-refractivity contribution < 1.29 is 39.6 Å². The summed E-state index contributed by atoms with van der Waals surface area (Å²) in [6.45, 7) is 13.6. The summed E-state index contributed by atoms with van der Waals surface area (Å²) in [5.41, 5.74) is 0. The Bertz CT molecular complexity index is 832. The first-order valence-electron chi connectivity index (χ1n) is 25.9. The molecule has 0 aliphatic rings. The van der Waals surface area contributed by atoms with Crippen LogP contribution in [0.4, 0.5) is 0 Å². The number of carbonyl (C=O) groups excluding carboxylic acids is 4. The molecule has 0 fully saturated rings. The van der Waals surface area contributed by atoms with Gasteiger partial charge in [-0.2, -0.15) is 0 Å². The number of rotatable bonds is 42. The molecule has 0 aliphatic heterocycles. The summed E-state index contributed by atoms with van der Waals surface area (Å²) in [5, 5.41) is 39.0. The zero-order chi connectivity index (χ0) is 47.4. The summed E-state index contributed by atoms with van der Waals surface area (Å²) in [6, 6.07) is 0. The van der Waals surface area contributed by atoms with Gasteiger partial charge in [-0.05, 0) is 37.8 Å². The fourth-order valence-electron chi connectivity index (χ4n) is 6.21. The standard InChI is InChI=1S/2C12H24O2.2C8H17.C4H4O4.2C4H9.2Sn/c2*1-2-3-4-5-6-7-8-9-10-11-12(13)14;2*1-3-5-7-8-6-4-2;5-3(6)1-2-4(7)8;2*1-3-4-2;;/h2*2-11H2,1H3,(H,13,14);2*1,3-8H2,2H3;1-2H,(H,5,6)(H,7,8);2*1,3-4H2,2H3;;/q;;;;;;;2*+2/p-4. The maximum Gasteiger partial charge on any atom is 0.0643 e. The van der Waals surface area contributed by atoms with Gasteiger partial charge in [-0.25, -0.2) is 0 Å². The van der Waals surface area contributed by atoms with Crippen LogP contribution in [0.2, 0.25) is 17.7 Å². The second-order valence-electron chi connectivity index (χ2n) is 16.6. The van der Waals surface area contributed by atoms with Crippen molar-refractivity contribution in [3.8, 4) is 0 Å². The first kappa shape index (κ1) is 70.2. The van der Waals surface area contributed by atoms with E-state index in [0.29, 0.717) is 12.2 Å². The zero-order valence-electron chi connectivity index (χ0n) is 41.7. The Balaban J connectivity index is -0.000000224. The van der Waals surface area contributed by atoms with Crippen molar-refractivity contribution in [1.29, 1.82) is 0 Å². The van der Waals surface area contributed by atoms with Gasteiger partial charge in [0.1, 0.15) is 0 Å². The summed E-state index contributed by atoms with van der Waals surface area (Å²) in [7, 11) is 0. The Labute approximate surface area is 405 Å². The predicted octanol–water partition coefficient (Wildman–Crippen LogP) is 11.7. The SMILES string of the molecule is CCCCCCCCCCCC(=O)[O-].CCCCCCCCCCCC(=O)[O-].CCCCCCC[CH2][Sn+2][CH2]CCCCCCC.CCC[CH2][Sn+2][CH2]CCC.O=C([O-])C=CC(=O)[O-]. The molecular weight excluding hydrogens is 990 g/mol. The third-order valence-electron chi connectivity index (χ3n) is 10.2. The largest absolute Gasteiger partial charge is 0.545 e. The Morgan fingerprint density at radius 3 is 0.694 bits per heavy atom. The summed E-state index contributed by atoms with van der Waals surface area (Å²) in [6.07, 6.45) is 46.8. The average Bonchev–Trinajstić information content (AvgIpc) is 3.24. The minimum Gasteiger partial charge on any atom is -0.545 e. The molecule has 0 saturated heterocycles. The second kappa shape index (κ2) is 69.3. The number of carboxylic acid groups (broad SMARTS) is 4. The van der Waals surface area contributed by atoms with Gasteiger partial charge in [0, 0.05) is 11.9 Å². The molecule has 0 aromatic heterocycles. The van der Waals surface area contributed by atoms with Crippen LogP contribution in [0.15, 0.2) is 12.2 Å². The minimum absolute atomic E-state index is 0.0736. The van der Waals surface area contributed by atoms with Crippen LogP contribution in [-0.2, 0) is 19.2 Å². The molecule has 0 rings (SSSR count). The van der Waals surface area contributed by atoms with Gasteiger partial charge in [-0.15, -0.1) is 0 Å². The van der Waals surface area contributed by atoms with Crippen molar-refractivity contribution in [1.82, 2.24) is 0 Å². The van der Waals surface area contributed by atoms with Crippen LogP contribution in [-0.4, -0.2) is 66.2 Å². The Hall–Kier alpha value is -0.783. The molecular formula is C52H100O8Sn2. The van der Waals surface area contributed by atoms with E-state index in [-0.39, 0.29) is 55.1 Å². The van der Waals surface area contributed by atoms with Gasteiger partial charge < -0.3 is 39.6 Å². The minimum atomic E-state index is -1.55. The first-order chi connectivity index (χ1) is 30.0. The molecule has 0 unspecified atom stereocenters. The average molecular weight is 1090 g/mol. The summed E-state index contributed by atoms with van der Waals surface area (Å²) < 4.78 is 6.56. The topological polar surface area (TPSA) is 161 Å². The van der Waals surface area contributed by atoms with Crippen molar-refractivity contribution in [2.45, 2.75) is 290 Å². The second-order valence-corrected chi connectivity index (χ2v) is 25.2. The van der Waals surface area contributed by atoms with E-state index in [4.69, 9.17) is 0 Å². The van der Waals surface area contributed by atoms with Crippen molar-refractivity contribution >= 4 is 66.2 Å². The third kappa shape index (κ3) is 94.0. The van der Waals surface area contributed by atoms with Crippen LogP contribution < -0.4 is 20.4 Å². The Morgan fingerprint density at radius 2 is 0.484 bits per heavy atom. The van der Waals surface area contributed by atoms with Crippen molar-refractivity contribution in [2.75, 3.05) is 0 Å². The molecule has 0 aliphatic carbocycles. The van der Waals surface area contributed by atoms with Crippen LogP contribution >= 0.6 is 0 Å². The van der Waals surface area contributed by atoms with E-state index in [2.05, 4.69) is 41.5 Å². The number of unbranched alkanes of at least 4 members (excludes halogenated alkanes) is 28. The van der Waals surface area contributed by atoms with E-state index in [0.717, 1.165) is 25.7 Å². The van der Waals surface area contributed by atoms with Crippen molar-refractivity contribution in [2.24, 2.45) is 0 Å².